The zero-order chi connectivity index (χ0) is 16.6. The third-order valence-corrected chi connectivity index (χ3v) is 5.63. The Hall–Kier alpha value is -1.39. The first-order valence-corrected chi connectivity index (χ1v) is 8.54. The number of nitrogens with zero attached hydrogens (tertiary/aromatic N) is 2. The molecular formula is C19H28N2O2. The Morgan fingerprint density at radius 3 is 2.61 bits per heavy atom. The van der Waals surface area contributed by atoms with Crippen molar-refractivity contribution >= 4 is 5.91 Å². The van der Waals surface area contributed by atoms with Gasteiger partial charge in [-0.05, 0) is 52.4 Å². The Labute approximate surface area is 139 Å². The SMILES string of the molecule is Cc1ccc(C)c(C(=O)N2CC(N(C)C)C3(CCOCC3)C2)c1. The molecule has 126 valence electrons. The molecule has 4 nitrogen and oxygen atoms in total. The summed E-state index contributed by atoms with van der Waals surface area (Å²) in [6, 6.07) is 6.56. The fourth-order valence-corrected chi connectivity index (χ4v) is 4.22. The lowest BCUT2D eigenvalue weighted by Gasteiger charge is -2.40. The highest BCUT2D eigenvalue weighted by molar-refractivity contribution is 5.96. The maximum absolute atomic E-state index is 13.1. The second-order valence-electron chi connectivity index (χ2n) is 7.46. The molecule has 2 aliphatic heterocycles. The van der Waals surface area contributed by atoms with Gasteiger partial charge in [-0.1, -0.05) is 17.7 Å². The van der Waals surface area contributed by atoms with E-state index in [-0.39, 0.29) is 11.3 Å². The third-order valence-electron chi connectivity index (χ3n) is 5.63. The first-order chi connectivity index (χ1) is 10.9. The highest BCUT2D eigenvalue weighted by Gasteiger charge is 2.49. The van der Waals surface area contributed by atoms with Crippen LogP contribution in [0.5, 0.6) is 0 Å². The Kier molecular flexibility index (Phi) is 4.47. The maximum atomic E-state index is 13.1. The van der Waals surface area contributed by atoms with Gasteiger partial charge in [0, 0.05) is 43.3 Å². The Morgan fingerprint density at radius 2 is 1.96 bits per heavy atom. The second kappa shape index (κ2) is 6.25. The molecule has 1 spiro atoms. The molecule has 0 radical (unpaired) electrons. The number of ether oxygens (including phenoxy) is 1. The molecule has 0 aliphatic carbocycles. The summed E-state index contributed by atoms with van der Waals surface area (Å²) >= 11 is 0. The van der Waals surface area contributed by atoms with Crippen molar-refractivity contribution in [2.75, 3.05) is 40.4 Å². The first kappa shape index (κ1) is 16.5. The van der Waals surface area contributed by atoms with Crippen LogP contribution in [0.1, 0.15) is 34.3 Å². The van der Waals surface area contributed by atoms with Crippen LogP contribution in [0.4, 0.5) is 0 Å². The summed E-state index contributed by atoms with van der Waals surface area (Å²) in [6.07, 6.45) is 2.10. The summed E-state index contributed by atoms with van der Waals surface area (Å²) in [4.78, 5) is 17.5. The average molecular weight is 316 g/mol. The predicted octanol–water partition coefficient (Wildman–Crippen LogP) is 2.49. The molecule has 2 saturated heterocycles. The molecule has 1 atom stereocenters. The number of hydrogen-bond acceptors (Lipinski definition) is 3. The number of aryl methyl sites for hydroxylation is 2. The Morgan fingerprint density at radius 1 is 1.26 bits per heavy atom. The highest BCUT2D eigenvalue weighted by atomic mass is 16.5. The zero-order valence-corrected chi connectivity index (χ0v) is 14.8. The van der Waals surface area contributed by atoms with Crippen molar-refractivity contribution in [1.82, 2.24) is 9.80 Å². The van der Waals surface area contributed by atoms with E-state index in [2.05, 4.69) is 30.0 Å². The van der Waals surface area contributed by atoms with Gasteiger partial charge in [-0.2, -0.15) is 0 Å². The molecule has 3 rings (SSSR count). The number of rotatable bonds is 2. The van der Waals surface area contributed by atoms with Crippen LogP contribution in [-0.4, -0.2) is 62.1 Å². The van der Waals surface area contributed by atoms with E-state index in [1.807, 2.05) is 26.0 Å². The van der Waals surface area contributed by atoms with Gasteiger partial charge in [0.15, 0.2) is 0 Å². The van der Waals surface area contributed by atoms with E-state index < -0.39 is 0 Å². The standard InChI is InChI=1S/C19H28N2O2/c1-14-5-6-15(2)16(11-14)18(22)21-12-17(20(3)4)19(13-21)7-9-23-10-8-19/h5-6,11,17H,7-10,12-13H2,1-4H3. The zero-order valence-electron chi connectivity index (χ0n) is 14.8. The largest absolute Gasteiger partial charge is 0.381 e. The van der Waals surface area contributed by atoms with Crippen LogP contribution in [0.3, 0.4) is 0 Å². The van der Waals surface area contributed by atoms with Crippen LogP contribution in [0, 0.1) is 19.3 Å². The molecular weight excluding hydrogens is 288 g/mol. The van der Waals surface area contributed by atoms with Crippen LogP contribution in [0.2, 0.25) is 0 Å². The number of amides is 1. The van der Waals surface area contributed by atoms with Gasteiger partial charge in [0.05, 0.1) is 0 Å². The topological polar surface area (TPSA) is 32.8 Å². The van der Waals surface area contributed by atoms with E-state index in [0.29, 0.717) is 6.04 Å². The van der Waals surface area contributed by atoms with Crippen LogP contribution in [-0.2, 0) is 4.74 Å². The Balaban J connectivity index is 1.86. The van der Waals surface area contributed by atoms with Crippen LogP contribution in [0.25, 0.3) is 0 Å². The van der Waals surface area contributed by atoms with E-state index in [4.69, 9.17) is 4.74 Å². The molecule has 23 heavy (non-hydrogen) atoms. The monoisotopic (exact) mass is 316 g/mol. The molecule has 0 saturated carbocycles. The molecule has 0 aromatic heterocycles. The van der Waals surface area contributed by atoms with Gasteiger partial charge in [-0.15, -0.1) is 0 Å². The molecule has 4 heteroatoms. The molecule has 2 heterocycles. The fourth-order valence-electron chi connectivity index (χ4n) is 4.22. The maximum Gasteiger partial charge on any atom is 0.254 e. The van der Waals surface area contributed by atoms with Crippen LogP contribution >= 0.6 is 0 Å². The van der Waals surface area contributed by atoms with E-state index in [1.165, 1.54) is 0 Å². The molecule has 0 bridgehead atoms. The van der Waals surface area contributed by atoms with Gasteiger partial charge in [-0.25, -0.2) is 0 Å². The smallest absolute Gasteiger partial charge is 0.254 e. The number of hydrogen-bond donors (Lipinski definition) is 0. The summed E-state index contributed by atoms with van der Waals surface area (Å²) < 4.78 is 5.58. The van der Waals surface area contributed by atoms with Crippen molar-refractivity contribution in [1.29, 1.82) is 0 Å². The molecule has 1 aromatic carbocycles. The van der Waals surface area contributed by atoms with Gasteiger partial charge in [0.1, 0.15) is 0 Å². The van der Waals surface area contributed by atoms with Gasteiger partial charge in [0.25, 0.3) is 5.91 Å². The molecule has 1 amide bonds. The molecule has 2 aliphatic rings. The minimum absolute atomic E-state index is 0.182. The quantitative estimate of drug-likeness (QED) is 0.840. The minimum atomic E-state index is 0.182. The van der Waals surface area contributed by atoms with Crippen molar-refractivity contribution < 1.29 is 9.53 Å². The molecule has 1 unspecified atom stereocenters. The van der Waals surface area contributed by atoms with Crippen LogP contribution < -0.4 is 0 Å². The van der Waals surface area contributed by atoms with E-state index >= 15 is 0 Å². The summed E-state index contributed by atoms with van der Waals surface area (Å²) in [5.41, 5.74) is 3.25. The van der Waals surface area contributed by atoms with Crippen LogP contribution in [0.15, 0.2) is 18.2 Å². The van der Waals surface area contributed by atoms with E-state index in [1.54, 1.807) is 0 Å². The lowest BCUT2D eigenvalue weighted by molar-refractivity contribution is -0.00816. The summed E-state index contributed by atoms with van der Waals surface area (Å²) in [5, 5.41) is 0. The minimum Gasteiger partial charge on any atom is -0.381 e. The normalized spacial score (nSPS) is 23.7. The van der Waals surface area contributed by atoms with Crippen molar-refractivity contribution in [3.05, 3.63) is 34.9 Å². The van der Waals surface area contributed by atoms with Gasteiger partial charge >= 0.3 is 0 Å². The van der Waals surface area contributed by atoms with Crippen molar-refractivity contribution in [2.45, 2.75) is 32.7 Å². The molecule has 0 N–H and O–H groups in total. The van der Waals surface area contributed by atoms with Gasteiger partial charge in [-0.3, -0.25) is 4.79 Å². The molecule has 2 fully saturated rings. The fraction of sp³-hybridized carbons (Fsp3) is 0.632. The number of likely N-dealkylation sites (N-methyl/N-ethyl adjacent to an activating group) is 1. The Bertz CT molecular complexity index is 591. The van der Waals surface area contributed by atoms with Gasteiger partial charge in [0.2, 0.25) is 0 Å². The van der Waals surface area contributed by atoms with E-state index in [0.717, 1.165) is 55.8 Å². The predicted molar refractivity (Wildman–Crippen MR) is 91.8 cm³/mol. The average Bonchev–Trinajstić information content (AvgIpc) is 2.89. The van der Waals surface area contributed by atoms with Crippen molar-refractivity contribution in [2.24, 2.45) is 5.41 Å². The van der Waals surface area contributed by atoms with Crippen molar-refractivity contribution in [3.63, 3.8) is 0 Å². The number of carbonyl (C=O) groups is 1. The number of carbonyl (C=O) groups excluding carboxylic acids is 1. The summed E-state index contributed by atoms with van der Waals surface area (Å²) in [5.74, 6) is 0.182. The van der Waals surface area contributed by atoms with Gasteiger partial charge < -0.3 is 14.5 Å². The highest BCUT2D eigenvalue weighted by Crippen LogP contribution is 2.42. The van der Waals surface area contributed by atoms with Crippen molar-refractivity contribution in [3.8, 4) is 0 Å². The number of benzene rings is 1. The molecule has 1 aromatic rings. The lowest BCUT2D eigenvalue weighted by atomic mass is 9.75. The summed E-state index contributed by atoms with van der Waals surface area (Å²) in [6.45, 7) is 7.37. The van der Waals surface area contributed by atoms with E-state index in [9.17, 15) is 4.79 Å². The lowest BCUT2D eigenvalue weighted by Crippen LogP contribution is -2.46. The third kappa shape index (κ3) is 3.02. The summed E-state index contributed by atoms with van der Waals surface area (Å²) in [7, 11) is 4.27. The second-order valence-corrected chi connectivity index (χ2v) is 7.46. The number of likely N-dealkylation sites (tertiary alicyclic amines) is 1. The first-order valence-electron chi connectivity index (χ1n) is 8.54.